The Kier molecular flexibility index (Phi) is 5.10. The van der Waals surface area contributed by atoms with E-state index in [1.165, 1.54) is 0 Å². The topological polar surface area (TPSA) is 81.3 Å². The number of nitrogens with zero attached hydrogens (tertiary/aromatic N) is 3. The Morgan fingerprint density at radius 3 is 2.65 bits per heavy atom. The average molecular weight is 318 g/mol. The van der Waals surface area contributed by atoms with Crippen LogP contribution in [0.2, 0.25) is 0 Å². The quantitative estimate of drug-likeness (QED) is 0.893. The summed E-state index contributed by atoms with van der Waals surface area (Å²) in [7, 11) is 0. The summed E-state index contributed by atoms with van der Waals surface area (Å²) in [5, 5.41) is 0. The van der Waals surface area contributed by atoms with Gasteiger partial charge >= 0.3 is 0 Å². The first-order valence-corrected chi connectivity index (χ1v) is 8.68. The molecule has 0 aliphatic carbocycles. The highest BCUT2D eigenvalue weighted by molar-refractivity contribution is 5.79. The number of hydrogen-bond acceptors (Lipinski definition) is 5. The lowest BCUT2D eigenvalue weighted by Gasteiger charge is -2.35. The van der Waals surface area contributed by atoms with Crippen LogP contribution in [0.15, 0.2) is 12.4 Å². The van der Waals surface area contributed by atoms with Crippen molar-refractivity contribution in [2.45, 2.75) is 57.7 Å². The second-order valence-electron chi connectivity index (χ2n) is 6.54. The molecule has 0 saturated carbocycles. The third-order valence-electron chi connectivity index (χ3n) is 4.97. The Morgan fingerprint density at radius 1 is 1.26 bits per heavy atom. The fraction of sp³-hybridized carbons (Fsp3) is 0.706. The van der Waals surface area contributed by atoms with Crippen LogP contribution in [-0.2, 0) is 16.0 Å². The number of carbonyl (C=O) groups excluding carboxylic acids is 1. The van der Waals surface area contributed by atoms with Gasteiger partial charge in [0.1, 0.15) is 11.9 Å². The van der Waals surface area contributed by atoms with E-state index in [9.17, 15) is 4.79 Å². The largest absolute Gasteiger partial charge is 0.367 e. The Labute approximate surface area is 137 Å². The molecule has 6 heteroatoms. The van der Waals surface area contributed by atoms with Gasteiger partial charge in [0.15, 0.2) is 0 Å². The van der Waals surface area contributed by atoms with Gasteiger partial charge in [0.05, 0.1) is 11.8 Å². The molecular weight excluding hydrogens is 292 g/mol. The number of aromatic nitrogens is 2. The molecule has 6 nitrogen and oxygen atoms in total. The molecule has 1 aromatic rings. The number of ether oxygens (including phenoxy) is 1. The molecule has 23 heavy (non-hydrogen) atoms. The maximum atomic E-state index is 11.2. The SMILES string of the molecule is CCCc1nccnc1N1CCC([C@@H]2CC[C@H](C(N)=O)O2)CC1. The molecule has 2 aliphatic heterocycles. The summed E-state index contributed by atoms with van der Waals surface area (Å²) >= 11 is 0. The van der Waals surface area contributed by atoms with Crippen LogP contribution in [0.25, 0.3) is 0 Å². The minimum Gasteiger partial charge on any atom is -0.367 e. The highest BCUT2D eigenvalue weighted by Gasteiger charge is 2.36. The van der Waals surface area contributed by atoms with Crippen molar-refractivity contribution in [3.8, 4) is 0 Å². The second-order valence-corrected chi connectivity index (χ2v) is 6.54. The summed E-state index contributed by atoms with van der Waals surface area (Å²) in [6, 6.07) is 0. The number of nitrogens with two attached hydrogens (primary N) is 1. The number of rotatable bonds is 5. The summed E-state index contributed by atoms with van der Waals surface area (Å²) in [5.74, 6) is 1.23. The number of primary amides is 1. The van der Waals surface area contributed by atoms with Crippen molar-refractivity contribution in [1.82, 2.24) is 9.97 Å². The molecule has 2 aliphatic rings. The predicted molar refractivity (Wildman–Crippen MR) is 88.1 cm³/mol. The minimum absolute atomic E-state index is 0.187. The Morgan fingerprint density at radius 2 is 2.00 bits per heavy atom. The Bertz CT molecular complexity index is 543. The van der Waals surface area contributed by atoms with Crippen molar-refractivity contribution >= 4 is 11.7 Å². The molecule has 0 aromatic carbocycles. The lowest BCUT2D eigenvalue weighted by Crippen LogP contribution is -2.39. The van der Waals surface area contributed by atoms with Gasteiger partial charge in [-0.05, 0) is 38.0 Å². The van der Waals surface area contributed by atoms with Crippen LogP contribution >= 0.6 is 0 Å². The maximum Gasteiger partial charge on any atom is 0.246 e. The molecule has 3 rings (SSSR count). The monoisotopic (exact) mass is 318 g/mol. The molecule has 1 aromatic heterocycles. The number of amides is 1. The van der Waals surface area contributed by atoms with Crippen molar-refractivity contribution in [1.29, 1.82) is 0 Å². The molecule has 3 heterocycles. The Balaban J connectivity index is 1.58. The van der Waals surface area contributed by atoms with Gasteiger partial charge in [0.25, 0.3) is 0 Å². The molecule has 1 amide bonds. The van der Waals surface area contributed by atoms with Crippen molar-refractivity contribution in [2.75, 3.05) is 18.0 Å². The minimum atomic E-state index is -0.380. The fourth-order valence-electron chi connectivity index (χ4n) is 3.74. The second kappa shape index (κ2) is 7.25. The van der Waals surface area contributed by atoms with Gasteiger partial charge in [0.2, 0.25) is 5.91 Å². The van der Waals surface area contributed by atoms with Gasteiger partial charge in [-0.15, -0.1) is 0 Å². The van der Waals surface area contributed by atoms with Gasteiger partial charge in [0, 0.05) is 25.5 Å². The van der Waals surface area contributed by atoms with E-state index in [2.05, 4.69) is 21.8 Å². The highest BCUT2D eigenvalue weighted by Crippen LogP contribution is 2.33. The van der Waals surface area contributed by atoms with Crippen LogP contribution in [0, 0.1) is 5.92 Å². The number of piperidine rings is 1. The molecule has 2 saturated heterocycles. The zero-order valence-corrected chi connectivity index (χ0v) is 13.8. The number of aryl methyl sites for hydroxylation is 1. The first kappa shape index (κ1) is 16.2. The van der Waals surface area contributed by atoms with Crippen LogP contribution in [0.1, 0.15) is 44.7 Å². The summed E-state index contributed by atoms with van der Waals surface area (Å²) < 4.78 is 5.84. The van der Waals surface area contributed by atoms with E-state index < -0.39 is 0 Å². The van der Waals surface area contributed by atoms with Crippen molar-refractivity contribution in [3.63, 3.8) is 0 Å². The van der Waals surface area contributed by atoms with Crippen molar-refractivity contribution in [2.24, 2.45) is 11.7 Å². The van der Waals surface area contributed by atoms with Gasteiger partial charge in [-0.2, -0.15) is 0 Å². The summed E-state index contributed by atoms with van der Waals surface area (Å²) in [6.45, 7) is 4.11. The Hall–Kier alpha value is -1.69. The number of hydrogen-bond donors (Lipinski definition) is 1. The summed E-state index contributed by atoms with van der Waals surface area (Å²) in [5.41, 5.74) is 6.44. The van der Waals surface area contributed by atoms with E-state index in [4.69, 9.17) is 10.5 Å². The van der Waals surface area contributed by atoms with Crippen LogP contribution < -0.4 is 10.6 Å². The highest BCUT2D eigenvalue weighted by atomic mass is 16.5. The molecule has 0 radical (unpaired) electrons. The maximum absolute atomic E-state index is 11.2. The molecule has 0 bridgehead atoms. The first-order valence-electron chi connectivity index (χ1n) is 8.68. The third kappa shape index (κ3) is 3.63. The van der Waals surface area contributed by atoms with E-state index >= 15 is 0 Å². The van der Waals surface area contributed by atoms with E-state index in [-0.39, 0.29) is 18.1 Å². The standard InChI is InChI=1S/C17H26N4O2/c1-2-3-13-17(20-9-8-19-13)21-10-6-12(7-11-21)14-4-5-15(23-14)16(18)22/h8-9,12,14-15H,2-7,10-11H2,1H3,(H2,18,22)/t14-,15+/m0/s1. The van der Waals surface area contributed by atoms with E-state index in [0.29, 0.717) is 5.92 Å². The van der Waals surface area contributed by atoms with Gasteiger partial charge in [-0.3, -0.25) is 9.78 Å². The molecule has 0 unspecified atom stereocenters. The number of carbonyl (C=O) groups is 1. The van der Waals surface area contributed by atoms with Crippen LogP contribution in [0.3, 0.4) is 0 Å². The van der Waals surface area contributed by atoms with E-state index in [1.807, 2.05) is 0 Å². The summed E-state index contributed by atoms with van der Waals surface area (Å²) in [6.07, 6.45) is 9.25. The smallest absolute Gasteiger partial charge is 0.246 e. The molecule has 2 N–H and O–H groups in total. The van der Waals surface area contributed by atoms with Gasteiger partial charge in [-0.25, -0.2) is 4.98 Å². The van der Waals surface area contributed by atoms with Crippen molar-refractivity contribution < 1.29 is 9.53 Å². The lowest BCUT2D eigenvalue weighted by atomic mass is 9.89. The van der Waals surface area contributed by atoms with Gasteiger partial charge < -0.3 is 15.4 Å². The van der Waals surface area contributed by atoms with Crippen LogP contribution in [0.5, 0.6) is 0 Å². The van der Waals surface area contributed by atoms with Crippen LogP contribution in [-0.4, -0.2) is 41.2 Å². The average Bonchev–Trinajstić information content (AvgIpc) is 3.06. The zero-order valence-electron chi connectivity index (χ0n) is 13.8. The third-order valence-corrected chi connectivity index (χ3v) is 4.97. The molecule has 126 valence electrons. The zero-order chi connectivity index (χ0) is 16.2. The van der Waals surface area contributed by atoms with Crippen molar-refractivity contribution in [3.05, 3.63) is 18.1 Å². The normalized spacial score (nSPS) is 25.7. The lowest BCUT2D eigenvalue weighted by molar-refractivity contribution is -0.130. The molecule has 2 fully saturated rings. The van der Waals surface area contributed by atoms with E-state index in [0.717, 1.165) is 63.1 Å². The fourth-order valence-corrected chi connectivity index (χ4v) is 3.74. The van der Waals surface area contributed by atoms with Crippen LogP contribution in [0.4, 0.5) is 5.82 Å². The molecule has 0 spiro atoms. The molecule has 2 atom stereocenters. The first-order chi connectivity index (χ1) is 11.2. The summed E-state index contributed by atoms with van der Waals surface area (Å²) in [4.78, 5) is 22.6. The predicted octanol–water partition coefficient (Wildman–Crippen LogP) is 1.68. The van der Waals surface area contributed by atoms with E-state index in [1.54, 1.807) is 12.4 Å². The number of anilines is 1. The van der Waals surface area contributed by atoms with Gasteiger partial charge in [-0.1, -0.05) is 13.3 Å². The molecular formula is C17H26N4O2.